The number of rotatable bonds is 8. The van der Waals surface area contributed by atoms with E-state index in [2.05, 4.69) is 37.9 Å². The van der Waals surface area contributed by atoms with Crippen LogP contribution in [0.15, 0.2) is 30.8 Å². The molecule has 21 heavy (non-hydrogen) atoms. The first-order chi connectivity index (χ1) is 10.2. The maximum atomic E-state index is 3.80. The normalized spacial score (nSPS) is 17.6. The fraction of sp³-hybridized carbons (Fsp3) is 0.600. The van der Waals surface area contributed by atoms with Crippen LogP contribution in [0.25, 0.3) is 6.08 Å². The minimum absolute atomic E-state index is 1.22. The molecule has 1 heteroatoms. The van der Waals surface area contributed by atoms with Gasteiger partial charge in [-0.3, -0.25) is 0 Å². The Labute approximate surface area is 131 Å². The number of quaternary nitrogens is 1. The average Bonchev–Trinajstić information content (AvgIpc) is 2.52. The lowest BCUT2D eigenvalue weighted by Crippen LogP contribution is -2.48. The van der Waals surface area contributed by atoms with Crippen LogP contribution in [0.3, 0.4) is 0 Å². The zero-order valence-electron chi connectivity index (χ0n) is 13.8. The molecule has 1 nitrogen and oxygen atoms in total. The molecule has 1 saturated heterocycles. The summed E-state index contributed by atoms with van der Waals surface area (Å²) in [6, 6.07) is 8.83. The van der Waals surface area contributed by atoms with Gasteiger partial charge in [0, 0.05) is 0 Å². The molecule has 0 aromatic heterocycles. The second kappa shape index (κ2) is 8.38. The number of aryl methyl sites for hydroxylation is 1. The van der Waals surface area contributed by atoms with Gasteiger partial charge in [-0.2, -0.15) is 0 Å². The lowest BCUT2D eigenvalue weighted by molar-refractivity contribution is -0.914. The Kier molecular flexibility index (Phi) is 6.50. The Morgan fingerprint density at radius 2 is 1.62 bits per heavy atom. The van der Waals surface area contributed by atoms with Crippen molar-refractivity contribution in [1.29, 1.82) is 0 Å². The molecule has 116 valence electrons. The van der Waals surface area contributed by atoms with Crippen molar-refractivity contribution in [1.82, 2.24) is 0 Å². The minimum Gasteiger partial charge on any atom is -0.326 e. The van der Waals surface area contributed by atoms with Crippen LogP contribution in [-0.4, -0.2) is 31.2 Å². The molecule has 0 saturated carbocycles. The fourth-order valence-corrected chi connectivity index (χ4v) is 3.50. The first kappa shape index (κ1) is 16.3. The summed E-state index contributed by atoms with van der Waals surface area (Å²) < 4.78 is 1.34. The third kappa shape index (κ3) is 5.67. The summed E-state index contributed by atoms with van der Waals surface area (Å²) in [5.74, 6) is 0. The van der Waals surface area contributed by atoms with Gasteiger partial charge in [-0.25, -0.2) is 0 Å². The second-order valence-electron chi connectivity index (χ2n) is 6.96. The molecular formula is C20H32N+. The Bertz CT molecular complexity index is 412. The second-order valence-corrected chi connectivity index (χ2v) is 6.96. The molecule has 0 spiro atoms. The summed E-state index contributed by atoms with van der Waals surface area (Å²) in [6.45, 7) is 8.02. The van der Waals surface area contributed by atoms with Crippen molar-refractivity contribution in [3.05, 3.63) is 42.0 Å². The fourth-order valence-electron chi connectivity index (χ4n) is 3.50. The molecule has 0 bridgehead atoms. The van der Waals surface area contributed by atoms with Crippen molar-refractivity contribution in [2.24, 2.45) is 0 Å². The van der Waals surface area contributed by atoms with Gasteiger partial charge in [0.1, 0.15) is 0 Å². The number of hydrogen-bond acceptors (Lipinski definition) is 0. The molecule has 1 aromatic carbocycles. The van der Waals surface area contributed by atoms with E-state index in [9.17, 15) is 0 Å². The Morgan fingerprint density at radius 1 is 0.952 bits per heavy atom. The van der Waals surface area contributed by atoms with Gasteiger partial charge in [0.2, 0.25) is 0 Å². The zero-order chi connectivity index (χ0) is 15.0. The first-order valence-corrected chi connectivity index (χ1v) is 8.77. The largest absolute Gasteiger partial charge is 0.326 e. The highest BCUT2D eigenvalue weighted by molar-refractivity contribution is 5.47. The highest BCUT2D eigenvalue weighted by atomic mass is 15.3. The van der Waals surface area contributed by atoms with Gasteiger partial charge in [0.05, 0.1) is 26.7 Å². The van der Waals surface area contributed by atoms with Gasteiger partial charge in [0.15, 0.2) is 0 Å². The van der Waals surface area contributed by atoms with Gasteiger partial charge < -0.3 is 4.48 Å². The Hall–Kier alpha value is -1.08. The van der Waals surface area contributed by atoms with Gasteiger partial charge in [-0.15, -0.1) is 0 Å². The van der Waals surface area contributed by atoms with Crippen LogP contribution in [0.4, 0.5) is 0 Å². The number of unbranched alkanes of at least 4 members (excludes halogenated alkanes) is 3. The van der Waals surface area contributed by atoms with Crippen molar-refractivity contribution in [2.75, 3.05) is 26.7 Å². The summed E-state index contributed by atoms with van der Waals surface area (Å²) in [5.41, 5.74) is 2.69. The Balaban J connectivity index is 1.56. The number of piperidine rings is 1. The highest BCUT2D eigenvalue weighted by Gasteiger charge is 2.23. The van der Waals surface area contributed by atoms with Crippen LogP contribution in [0.1, 0.15) is 56.1 Å². The number of likely N-dealkylation sites (tertiary alicyclic amines) is 1. The number of benzene rings is 1. The van der Waals surface area contributed by atoms with Crippen molar-refractivity contribution >= 4 is 6.08 Å². The lowest BCUT2D eigenvalue weighted by Gasteiger charge is -2.37. The van der Waals surface area contributed by atoms with E-state index in [1.165, 1.54) is 86.6 Å². The minimum atomic E-state index is 1.22. The monoisotopic (exact) mass is 286 g/mol. The highest BCUT2D eigenvalue weighted by Crippen LogP contribution is 2.18. The quantitative estimate of drug-likeness (QED) is 0.463. The van der Waals surface area contributed by atoms with E-state index >= 15 is 0 Å². The number of nitrogens with zero attached hydrogens (tertiary/aromatic N) is 1. The molecule has 1 heterocycles. The van der Waals surface area contributed by atoms with Crippen LogP contribution in [0.5, 0.6) is 0 Å². The standard InChI is InChI=1S/C20H32N/c1-3-19-12-14-20(15-13-19)11-7-4-5-8-16-21(2)17-9-6-10-18-21/h3,12-15H,1,4-11,16-18H2,2H3/q+1. The maximum Gasteiger partial charge on any atom is 0.0784 e. The molecule has 0 aliphatic carbocycles. The van der Waals surface area contributed by atoms with Crippen molar-refractivity contribution in [3.63, 3.8) is 0 Å². The molecule has 2 rings (SSSR count). The summed E-state index contributed by atoms with van der Waals surface area (Å²) in [5, 5.41) is 0. The molecule has 1 fully saturated rings. The topological polar surface area (TPSA) is 0 Å². The predicted molar refractivity (Wildman–Crippen MR) is 93.3 cm³/mol. The van der Waals surface area contributed by atoms with E-state index in [0.29, 0.717) is 0 Å². The van der Waals surface area contributed by atoms with E-state index in [4.69, 9.17) is 0 Å². The van der Waals surface area contributed by atoms with Crippen LogP contribution in [0, 0.1) is 0 Å². The number of hydrogen-bond donors (Lipinski definition) is 0. The molecule has 0 amide bonds. The summed E-state index contributed by atoms with van der Waals surface area (Å²) in [7, 11) is 2.46. The summed E-state index contributed by atoms with van der Waals surface area (Å²) in [6.07, 6.45) is 13.0. The van der Waals surface area contributed by atoms with Crippen LogP contribution in [-0.2, 0) is 6.42 Å². The molecule has 0 radical (unpaired) electrons. The van der Waals surface area contributed by atoms with E-state index in [1.807, 2.05) is 6.08 Å². The molecule has 1 aliphatic heterocycles. The van der Waals surface area contributed by atoms with Gasteiger partial charge in [-0.05, 0) is 56.1 Å². The molecule has 1 aliphatic rings. The predicted octanol–water partition coefficient (Wildman–Crippen LogP) is 5.06. The molecule has 0 unspecified atom stereocenters. The first-order valence-electron chi connectivity index (χ1n) is 8.77. The smallest absolute Gasteiger partial charge is 0.0784 e. The van der Waals surface area contributed by atoms with E-state index in [0.717, 1.165) is 0 Å². The van der Waals surface area contributed by atoms with Crippen LogP contribution < -0.4 is 0 Å². The van der Waals surface area contributed by atoms with E-state index in [1.54, 1.807) is 0 Å². The van der Waals surface area contributed by atoms with E-state index in [-0.39, 0.29) is 0 Å². The molecule has 0 atom stereocenters. The maximum absolute atomic E-state index is 3.80. The van der Waals surface area contributed by atoms with Gasteiger partial charge in [-0.1, -0.05) is 43.3 Å². The zero-order valence-corrected chi connectivity index (χ0v) is 13.8. The summed E-state index contributed by atoms with van der Waals surface area (Å²) in [4.78, 5) is 0. The van der Waals surface area contributed by atoms with Crippen molar-refractivity contribution in [2.45, 2.75) is 51.4 Å². The van der Waals surface area contributed by atoms with E-state index < -0.39 is 0 Å². The SMILES string of the molecule is C=Cc1ccc(CCCCCC[N+]2(C)CCCCC2)cc1. The molecule has 0 N–H and O–H groups in total. The molecular weight excluding hydrogens is 254 g/mol. The van der Waals surface area contributed by atoms with Crippen LogP contribution in [0.2, 0.25) is 0 Å². The lowest BCUT2D eigenvalue weighted by atomic mass is 10.0. The van der Waals surface area contributed by atoms with Crippen LogP contribution >= 0.6 is 0 Å². The Morgan fingerprint density at radius 3 is 2.29 bits per heavy atom. The average molecular weight is 286 g/mol. The van der Waals surface area contributed by atoms with Gasteiger partial charge >= 0.3 is 0 Å². The third-order valence-electron chi connectivity index (χ3n) is 5.02. The van der Waals surface area contributed by atoms with Gasteiger partial charge in [0.25, 0.3) is 0 Å². The van der Waals surface area contributed by atoms with Crippen molar-refractivity contribution in [3.8, 4) is 0 Å². The van der Waals surface area contributed by atoms with Crippen molar-refractivity contribution < 1.29 is 4.48 Å². The third-order valence-corrected chi connectivity index (χ3v) is 5.02. The summed E-state index contributed by atoms with van der Waals surface area (Å²) >= 11 is 0. The molecule has 1 aromatic rings.